The molecule has 0 radical (unpaired) electrons. The number of aromatic nitrogens is 2. The molecule has 0 bridgehead atoms. The molecule has 1 unspecified atom stereocenters. The molecule has 26 heavy (non-hydrogen) atoms. The van der Waals surface area contributed by atoms with Crippen molar-refractivity contribution in [1.82, 2.24) is 14.9 Å². The standard InChI is InChI=1S/C20H29N5O/c1-3-5-11-22-18-16-10-12-25(13-17(16)23-20(21)24-18)19(26)15-9-6-8-14(15)7-4-2/h6,8-9,14H,3-5,7,10-13H2,1-2H3,(H3,21,22,23,24). The number of nitrogen functional groups attached to an aromatic ring is 1. The van der Waals surface area contributed by atoms with E-state index in [2.05, 4.69) is 35.2 Å². The van der Waals surface area contributed by atoms with Crippen LogP contribution in [0.15, 0.2) is 23.8 Å². The van der Waals surface area contributed by atoms with Crippen molar-refractivity contribution in [3.8, 4) is 0 Å². The highest BCUT2D eigenvalue weighted by Gasteiger charge is 2.29. The minimum absolute atomic E-state index is 0.122. The second-order valence-corrected chi connectivity index (χ2v) is 7.01. The average molecular weight is 355 g/mol. The highest BCUT2D eigenvalue weighted by molar-refractivity contribution is 5.95. The number of nitrogens with one attached hydrogen (secondary N) is 1. The van der Waals surface area contributed by atoms with Crippen LogP contribution in [0.3, 0.4) is 0 Å². The highest BCUT2D eigenvalue weighted by Crippen LogP contribution is 2.29. The molecule has 0 saturated heterocycles. The summed E-state index contributed by atoms with van der Waals surface area (Å²) in [6.45, 7) is 6.38. The number of nitrogens with zero attached hydrogens (tertiary/aromatic N) is 3. The fourth-order valence-corrected chi connectivity index (χ4v) is 3.65. The lowest BCUT2D eigenvalue weighted by atomic mass is 9.95. The second-order valence-electron chi connectivity index (χ2n) is 7.01. The van der Waals surface area contributed by atoms with Gasteiger partial charge in [-0.25, -0.2) is 4.98 Å². The van der Waals surface area contributed by atoms with Crippen molar-refractivity contribution in [3.63, 3.8) is 0 Å². The average Bonchev–Trinajstić information content (AvgIpc) is 3.09. The zero-order valence-electron chi connectivity index (χ0n) is 15.8. The molecule has 1 aliphatic carbocycles. The summed E-state index contributed by atoms with van der Waals surface area (Å²) < 4.78 is 0. The summed E-state index contributed by atoms with van der Waals surface area (Å²) in [5, 5.41) is 3.38. The maximum atomic E-state index is 13.0. The van der Waals surface area contributed by atoms with Crippen LogP contribution in [0.2, 0.25) is 0 Å². The van der Waals surface area contributed by atoms with E-state index in [1.165, 1.54) is 0 Å². The van der Waals surface area contributed by atoms with E-state index in [9.17, 15) is 4.79 Å². The van der Waals surface area contributed by atoms with Crippen LogP contribution >= 0.6 is 0 Å². The van der Waals surface area contributed by atoms with Crippen molar-refractivity contribution < 1.29 is 4.79 Å². The summed E-state index contributed by atoms with van der Waals surface area (Å²) in [5.74, 6) is 1.47. The molecule has 1 atom stereocenters. The van der Waals surface area contributed by atoms with Crippen LogP contribution in [0.25, 0.3) is 0 Å². The van der Waals surface area contributed by atoms with E-state index in [4.69, 9.17) is 5.73 Å². The number of hydrogen-bond donors (Lipinski definition) is 2. The van der Waals surface area contributed by atoms with Crippen molar-refractivity contribution in [2.75, 3.05) is 24.1 Å². The molecule has 3 rings (SSSR count). The molecule has 2 heterocycles. The molecule has 2 aliphatic rings. The molecule has 3 N–H and O–H groups in total. The Bertz CT molecular complexity index is 725. The van der Waals surface area contributed by atoms with Gasteiger partial charge in [0.1, 0.15) is 5.82 Å². The molecule has 1 aromatic heterocycles. The van der Waals surface area contributed by atoms with Crippen molar-refractivity contribution >= 4 is 17.7 Å². The molecule has 1 amide bonds. The molecule has 0 spiro atoms. The van der Waals surface area contributed by atoms with Gasteiger partial charge >= 0.3 is 0 Å². The lowest BCUT2D eigenvalue weighted by Crippen LogP contribution is -2.38. The van der Waals surface area contributed by atoms with Crippen LogP contribution in [-0.2, 0) is 17.8 Å². The molecule has 0 fully saturated rings. The highest BCUT2D eigenvalue weighted by atomic mass is 16.2. The van der Waals surface area contributed by atoms with Gasteiger partial charge < -0.3 is 16.0 Å². The van der Waals surface area contributed by atoms with Crippen molar-refractivity contribution in [2.45, 2.75) is 52.5 Å². The Hall–Kier alpha value is -2.37. The molecule has 0 aromatic carbocycles. The van der Waals surface area contributed by atoms with E-state index in [0.717, 1.165) is 61.3 Å². The van der Waals surface area contributed by atoms with Crippen LogP contribution in [0.4, 0.5) is 11.8 Å². The topological polar surface area (TPSA) is 84.1 Å². The van der Waals surface area contributed by atoms with E-state index < -0.39 is 0 Å². The Balaban J connectivity index is 1.74. The Labute approximate surface area is 155 Å². The second kappa shape index (κ2) is 8.34. The lowest BCUT2D eigenvalue weighted by Gasteiger charge is -2.30. The summed E-state index contributed by atoms with van der Waals surface area (Å²) in [4.78, 5) is 23.7. The number of amides is 1. The van der Waals surface area contributed by atoms with Crippen LogP contribution < -0.4 is 11.1 Å². The van der Waals surface area contributed by atoms with Gasteiger partial charge in [0.15, 0.2) is 0 Å². The number of allylic oxidation sites excluding steroid dienone is 3. The van der Waals surface area contributed by atoms with E-state index in [1.54, 1.807) is 0 Å². The molecular weight excluding hydrogens is 326 g/mol. The first kappa shape index (κ1) is 18.4. The number of rotatable bonds is 7. The maximum Gasteiger partial charge on any atom is 0.250 e. The van der Waals surface area contributed by atoms with E-state index in [-0.39, 0.29) is 17.8 Å². The van der Waals surface area contributed by atoms with Gasteiger partial charge in [-0.3, -0.25) is 4.79 Å². The third-order valence-corrected chi connectivity index (χ3v) is 5.06. The minimum atomic E-state index is 0.122. The van der Waals surface area contributed by atoms with Gasteiger partial charge in [0, 0.05) is 30.1 Å². The smallest absolute Gasteiger partial charge is 0.250 e. The maximum absolute atomic E-state index is 13.0. The normalized spacial score (nSPS) is 18.6. The van der Waals surface area contributed by atoms with Gasteiger partial charge in [-0.1, -0.05) is 44.9 Å². The first-order chi connectivity index (χ1) is 12.6. The van der Waals surface area contributed by atoms with E-state index in [1.807, 2.05) is 17.1 Å². The third-order valence-electron chi connectivity index (χ3n) is 5.06. The molecule has 140 valence electrons. The van der Waals surface area contributed by atoms with Crippen molar-refractivity contribution in [1.29, 1.82) is 0 Å². The number of carbonyl (C=O) groups is 1. The molecule has 6 heteroatoms. The Kier molecular flexibility index (Phi) is 5.91. The van der Waals surface area contributed by atoms with Crippen LogP contribution in [0.5, 0.6) is 0 Å². The SMILES string of the molecule is CCCCNc1nc(N)nc2c1CCN(C(=O)C1=CC=CC1CCC)C2. The van der Waals surface area contributed by atoms with Crippen LogP contribution in [0, 0.1) is 5.92 Å². The van der Waals surface area contributed by atoms with E-state index in [0.29, 0.717) is 13.1 Å². The van der Waals surface area contributed by atoms with Gasteiger partial charge in [-0.05, 0) is 19.3 Å². The predicted octanol–water partition coefficient (Wildman–Crippen LogP) is 3.07. The molecule has 0 saturated carbocycles. The summed E-state index contributed by atoms with van der Waals surface area (Å²) >= 11 is 0. The predicted molar refractivity (Wildman–Crippen MR) is 105 cm³/mol. The monoisotopic (exact) mass is 355 g/mol. The molecule has 6 nitrogen and oxygen atoms in total. The number of unbranched alkanes of at least 4 members (excludes halogenated alkanes) is 1. The summed E-state index contributed by atoms with van der Waals surface area (Å²) in [6, 6.07) is 0. The molecule has 1 aliphatic heterocycles. The fourth-order valence-electron chi connectivity index (χ4n) is 3.65. The number of hydrogen-bond acceptors (Lipinski definition) is 5. The number of carbonyl (C=O) groups excluding carboxylic acids is 1. The van der Waals surface area contributed by atoms with E-state index >= 15 is 0 Å². The Morgan fingerprint density at radius 1 is 1.35 bits per heavy atom. The summed E-state index contributed by atoms with van der Waals surface area (Å²) in [7, 11) is 0. The first-order valence-electron chi connectivity index (χ1n) is 9.70. The lowest BCUT2D eigenvalue weighted by molar-refractivity contribution is -0.128. The largest absolute Gasteiger partial charge is 0.370 e. The summed E-state index contributed by atoms with van der Waals surface area (Å²) in [5.41, 5.74) is 8.78. The fraction of sp³-hybridized carbons (Fsp3) is 0.550. The zero-order valence-corrected chi connectivity index (χ0v) is 15.8. The van der Waals surface area contributed by atoms with Gasteiger partial charge in [0.25, 0.3) is 5.91 Å². The van der Waals surface area contributed by atoms with Gasteiger partial charge in [-0.2, -0.15) is 4.98 Å². The van der Waals surface area contributed by atoms with Crippen molar-refractivity contribution in [3.05, 3.63) is 35.1 Å². The van der Waals surface area contributed by atoms with Crippen molar-refractivity contribution in [2.24, 2.45) is 5.92 Å². The van der Waals surface area contributed by atoms with Gasteiger partial charge in [-0.15, -0.1) is 0 Å². The zero-order chi connectivity index (χ0) is 18.5. The first-order valence-corrected chi connectivity index (χ1v) is 9.70. The quantitative estimate of drug-likeness (QED) is 0.734. The Morgan fingerprint density at radius 3 is 2.96 bits per heavy atom. The van der Waals surface area contributed by atoms with Gasteiger partial charge in [0.05, 0.1) is 12.2 Å². The third kappa shape index (κ3) is 3.89. The number of anilines is 2. The summed E-state index contributed by atoms with van der Waals surface area (Å²) in [6.07, 6.45) is 11.1. The van der Waals surface area contributed by atoms with Crippen LogP contribution in [-0.4, -0.2) is 33.9 Å². The van der Waals surface area contributed by atoms with Crippen LogP contribution in [0.1, 0.15) is 50.8 Å². The number of fused-ring (bicyclic) bond motifs is 1. The minimum Gasteiger partial charge on any atom is -0.370 e. The molecular formula is C20H29N5O. The van der Waals surface area contributed by atoms with Gasteiger partial charge in [0.2, 0.25) is 5.95 Å². The Morgan fingerprint density at radius 2 is 2.19 bits per heavy atom. The molecule has 1 aromatic rings. The number of nitrogens with two attached hydrogens (primary N) is 1.